The number of hydrogen-bond donors (Lipinski definition) is 2. The minimum Gasteiger partial charge on any atom is -0.480 e. The van der Waals surface area contributed by atoms with Gasteiger partial charge in [-0.15, -0.1) is 0 Å². The van der Waals surface area contributed by atoms with Gasteiger partial charge < -0.3 is 20.0 Å². The van der Waals surface area contributed by atoms with Crippen molar-refractivity contribution in [1.82, 2.24) is 5.32 Å². The summed E-state index contributed by atoms with van der Waals surface area (Å²) in [6.45, 7) is 0.0602. The van der Waals surface area contributed by atoms with E-state index in [1.54, 1.807) is 12.1 Å². The van der Waals surface area contributed by atoms with Crippen LogP contribution in [0.25, 0.3) is 0 Å². The van der Waals surface area contributed by atoms with Gasteiger partial charge in [-0.3, -0.25) is 0 Å². The number of halogens is 1. The Hall–Kier alpha value is -2.09. The highest BCUT2D eigenvalue weighted by Crippen LogP contribution is 2.17. The van der Waals surface area contributed by atoms with Crippen molar-refractivity contribution >= 4 is 32.6 Å². The molecule has 0 unspecified atom stereocenters. The maximum Gasteiger partial charge on any atom is 0.408 e. The average Bonchev–Trinajstić information content (AvgIpc) is 2.89. The van der Waals surface area contributed by atoms with Crippen LogP contribution in [0.15, 0.2) is 35.5 Å². The average molecular weight is 357 g/mol. The fourth-order valence-corrected chi connectivity index (χ4v) is 2.15. The number of carbonyl (C=O) groups is 2. The first kappa shape index (κ1) is 15.3. The monoisotopic (exact) mass is 356 g/mol. The number of aliphatic carboxylic acids is 1. The number of carboxylic acid groups (broad SMARTS) is 1. The zero-order valence-corrected chi connectivity index (χ0v) is 12.4. The molecule has 2 rings (SSSR count). The molecule has 0 saturated heterocycles. The molecular weight excluding hydrogens is 344 g/mol. The van der Waals surface area contributed by atoms with Crippen molar-refractivity contribution in [3.8, 4) is 0 Å². The molecular formula is C13H13BrN2O5. The summed E-state index contributed by atoms with van der Waals surface area (Å²) in [6.07, 6.45) is -1.31. The number of ether oxygens (including phenoxy) is 1. The second-order valence-electron chi connectivity index (χ2n) is 4.34. The third kappa shape index (κ3) is 4.45. The van der Waals surface area contributed by atoms with Gasteiger partial charge in [0.2, 0.25) is 0 Å². The van der Waals surface area contributed by atoms with Gasteiger partial charge in [0.25, 0.3) is 0 Å². The minimum atomic E-state index is -1.23. The molecule has 0 radical (unpaired) electrons. The van der Waals surface area contributed by atoms with Gasteiger partial charge in [0, 0.05) is 6.42 Å². The number of carbonyl (C=O) groups excluding carboxylic acids is 1. The number of hydrogen-bond acceptors (Lipinski definition) is 5. The van der Waals surface area contributed by atoms with Crippen LogP contribution < -0.4 is 5.32 Å². The van der Waals surface area contributed by atoms with Gasteiger partial charge in [0.15, 0.2) is 12.1 Å². The lowest BCUT2D eigenvalue weighted by atomic mass is 10.1. The molecule has 1 amide bonds. The van der Waals surface area contributed by atoms with Crippen LogP contribution in [0.3, 0.4) is 0 Å². The molecule has 1 heterocycles. The first-order chi connectivity index (χ1) is 10.1. The SMILES string of the molecule is O=C(N[C@H](C(=O)O)[C@@H]1CC(Br)=NO1)OCc1ccccc1. The Morgan fingerprint density at radius 3 is 2.76 bits per heavy atom. The van der Waals surface area contributed by atoms with E-state index in [1.807, 2.05) is 18.2 Å². The number of alkyl carbamates (subject to hydrolysis) is 1. The summed E-state index contributed by atoms with van der Waals surface area (Å²) >= 11 is 3.11. The van der Waals surface area contributed by atoms with Gasteiger partial charge in [-0.05, 0) is 21.5 Å². The normalized spacial score (nSPS) is 18.3. The predicted molar refractivity (Wildman–Crippen MR) is 77.0 cm³/mol. The van der Waals surface area contributed by atoms with Gasteiger partial charge in [-0.25, -0.2) is 9.59 Å². The molecule has 1 aliphatic heterocycles. The van der Waals surface area contributed by atoms with E-state index in [2.05, 4.69) is 26.4 Å². The largest absolute Gasteiger partial charge is 0.480 e. The molecule has 0 saturated carbocycles. The van der Waals surface area contributed by atoms with E-state index < -0.39 is 24.2 Å². The van der Waals surface area contributed by atoms with Crippen LogP contribution in [-0.4, -0.2) is 33.9 Å². The van der Waals surface area contributed by atoms with Crippen molar-refractivity contribution in [2.75, 3.05) is 0 Å². The van der Waals surface area contributed by atoms with Crippen LogP contribution >= 0.6 is 15.9 Å². The van der Waals surface area contributed by atoms with E-state index >= 15 is 0 Å². The van der Waals surface area contributed by atoms with Crippen LogP contribution in [0.5, 0.6) is 0 Å². The molecule has 112 valence electrons. The van der Waals surface area contributed by atoms with Crippen LogP contribution in [0, 0.1) is 0 Å². The highest BCUT2D eigenvalue weighted by molar-refractivity contribution is 9.18. The van der Waals surface area contributed by atoms with E-state index in [4.69, 9.17) is 14.7 Å². The van der Waals surface area contributed by atoms with E-state index in [0.29, 0.717) is 4.62 Å². The molecule has 0 aromatic heterocycles. The Labute approximate surface area is 129 Å². The molecule has 1 aliphatic rings. The van der Waals surface area contributed by atoms with Crippen LogP contribution in [0.4, 0.5) is 4.79 Å². The zero-order valence-electron chi connectivity index (χ0n) is 10.9. The first-order valence-corrected chi connectivity index (χ1v) is 6.94. The highest BCUT2D eigenvalue weighted by Gasteiger charge is 2.35. The molecule has 1 aromatic rings. The first-order valence-electron chi connectivity index (χ1n) is 6.14. The van der Waals surface area contributed by atoms with Crippen molar-refractivity contribution in [1.29, 1.82) is 0 Å². The Bertz CT molecular complexity index is 549. The molecule has 7 nitrogen and oxygen atoms in total. The standard InChI is InChI=1S/C13H13BrN2O5/c14-10-6-9(21-16-10)11(12(17)18)15-13(19)20-7-8-4-2-1-3-5-8/h1-5,9,11H,6-7H2,(H,15,19)(H,17,18)/t9-,11-/m0/s1. The fraction of sp³-hybridized carbons (Fsp3) is 0.308. The van der Waals surface area contributed by atoms with Gasteiger partial charge in [-0.1, -0.05) is 35.5 Å². The van der Waals surface area contributed by atoms with E-state index in [1.165, 1.54) is 0 Å². The molecule has 2 N–H and O–H groups in total. The predicted octanol–water partition coefficient (Wildman–Crippen LogP) is 1.86. The number of nitrogens with zero attached hydrogens (tertiary/aromatic N) is 1. The topological polar surface area (TPSA) is 97.2 Å². The third-order valence-electron chi connectivity index (χ3n) is 2.78. The van der Waals surface area contributed by atoms with E-state index in [-0.39, 0.29) is 13.0 Å². The van der Waals surface area contributed by atoms with E-state index in [9.17, 15) is 9.59 Å². The summed E-state index contributed by atoms with van der Waals surface area (Å²) in [5, 5.41) is 15.0. The zero-order chi connectivity index (χ0) is 15.2. The van der Waals surface area contributed by atoms with Crippen LogP contribution in [-0.2, 0) is 21.0 Å². The van der Waals surface area contributed by atoms with Crippen molar-refractivity contribution in [3.63, 3.8) is 0 Å². The molecule has 1 aromatic carbocycles. The number of rotatable bonds is 5. The van der Waals surface area contributed by atoms with Crippen molar-refractivity contribution in [3.05, 3.63) is 35.9 Å². The molecule has 8 heteroatoms. The Morgan fingerprint density at radius 2 is 2.19 bits per heavy atom. The van der Waals surface area contributed by atoms with Gasteiger partial charge in [-0.2, -0.15) is 0 Å². The number of benzene rings is 1. The Morgan fingerprint density at radius 1 is 1.48 bits per heavy atom. The maximum absolute atomic E-state index is 11.7. The second kappa shape index (κ2) is 7.07. The Kier molecular flexibility index (Phi) is 5.15. The van der Waals surface area contributed by atoms with E-state index in [0.717, 1.165) is 5.56 Å². The molecule has 2 atom stereocenters. The lowest BCUT2D eigenvalue weighted by molar-refractivity contribution is -0.143. The van der Waals surface area contributed by atoms with Crippen molar-refractivity contribution in [2.45, 2.75) is 25.2 Å². The molecule has 0 spiro atoms. The summed E-state index contributed by atoms with van der Waals surface area (Å²) in [7, 11) is 0. The van der Waals surface area contributed by atoms with Crippen LogP contribution in [0.2, 0.25) is 0 Å². The molecule has 21 heavy (non-hydrogen) atoms. The number of nitrogens with one attached hydrogen (secondary N) is 1. The highest BCUT2D eigenvalue weighted by atomic mass is 79.9. The summed E-state index contributed by atoms with van der Waals surface area (Å²) in [5.74, 6) is -1.21. The fourth-order valence-electron chi connectivity index (χ4n) is 1.75. The van der Waals surface area contributed by atoms with Crippen LogP contribution in [0.1, 0.15) is 12.0 Å². The molecule has 0 bridgehead atoms. The summed E-state index contributed by atoms with van der Waals surface area (Å²) in [4.78, 5) is 27.8. The summed E-state index contributed by atoms with van der Waals surface area (Å²) in [5.41, 5.74) is 0.808. The van der Waals surface area contributed by atoms with Gasteiger partial charge >= 0.3 is 12.1 Å². The second-order valence-corrected chi connectivity index (χ2v) is 5.25. The smallest absolute Gasteiger partial charge is 0.408 e. The molecule has 0 fully saturated rings. The number of carboxylic acids is 1. The quantitative estimate of drug-likeness (QED) is 0.839. The number of amides is 1. The Balaban J connectivity index is 1.86. The third-order valence-corrected chi connectivity index (χ3v) is 3.25. The summed E-state index contributed by atoms with van der Waals surface area (Å²) < 4.78 is 5.48. The lowest BCUT2D eigenvalue weighted by Gasteiger charge is -2.18. The van der Waals surface area contributed by atoms with Crippen molar-refractivity contribution < 1.29 is 24.3 Å². The lowest BCUT2D eigenvalue weighted by Crippen LogP contribution is -2.48. The maximum atomic E-state index is 11.7. The molecule has 0 aliphatic carbocycles. The summed E-state index contributed by atoms with van der Waals surface area (Å²) in [6, 6.07) is 7.85. The number of oxime groups is 1. The minimum absolute atomic E-state index is 0.0602. The van der Waals surface area contributed by atoms with Crippen molar-refractivity contribution in [2.24, 2.45) is 5.16 Å². The van der Waals surface area contributed by atoms with Gasteiger partial charge in [0.1, 0.15) is 11.2 Å². The van der Waals surface area contributed by atoms with Gasteiger partial charge in [0.05, 0.1) is 0 Å².